The fraction of sp³-hybridized carbons (Fsp3) is 0.300. The molecule has 4 rings (SSSR count). The van der Waals surface area contributed by atoms with Gasteiger partial charge in [-0.15, -0.1) is 0 Å². The molecule has 3 aromatic rings. The van der Waals surface area contributed by atoms with Crippen molar-refractivity contribution in [2.75, 3.05) is 6.54 Å². The summed E-state index contributed by atoms with van der Waals surface area (Å²) in [6.07, 6.45) is 0.934. The van der Waals surface area contributed by atoms with Crippen molar-refractivity contribution in [3.05, 3.63) is 59.2 Å². The van der Waals surface area contributed by atoms with Crippen molar-refractivity contribution in [1.82, 2.24) is 14.9 Å². The number of imidazole rings is 1. The number of nitrogens with one attached hydrogen (secondary N) is 1. The van der Waals surface area contributed by atoms with Crippen LogP contribution in [0.1, 0.15) is 23.6 Å². The Morgan fingerprint density at radius 1 is 1.24 bits per heavy atom. The molecule has 2 aromatic carbocycles. The van der Waals surface area contributed by atoms with Crippen molar-refractivity contribution in [1.29, 1.82) is 0 Å². The highest BCUT2D eigenvalue weighted by atomic mass is 32.2. The smallest absolute Gasteiger partial charge is 0.236 e. The van der Waals surface area contributed by atoms with Gasteiger partial charge < -0.3 is 9.88 Å². The Morgan fingerprint density at radius 2 is 2.04 bits per heavy atom. The molecule has 1 unspecified atom stereocenters. The summed E-state index contributed by atoms with van der Waals surface area (Å²) < 4.78 is 0. The summed E-state index contributed by atoms with van der Waals surface area (Å²) >= 11 is 1.50. The van der Waals surface area contributed by atoms with E-state index >= 15 is 0 Å². The summed E-state index contributed by atoms with van der Waals surface area (Å²) in [6.45, 7) is 5.53. The molecule has 2 heterocycles. The maximum Gasteiger partial charge on any atom is 0.236 e. The topological polar surface area (TPSA) is 49.0 Å². The first kappa shape index (κ1) is 16.2. The summed E-state index contributed by atoms with van der Waals surface area (Å²) in [5.74, 6) is 0.177. The number of fused-ring (bicyclic) bond motifs is 2. The Balaban J connectivity index is 1.47. The van der Waals surface area contributed by atoms with Gasteiger partial charge in [-0.3, -0.25) is 4.79 Å². The van der Waals surface area contributed by atoms with Crippen LogP contribution in [0.3, 0.4) is 0 Å². The van der Waals surface area contributed by atoms with E-state index in [1.165, 1.54) is 28.5 Å². The standard InChI is InChI=1S/C20H21N3OS/c1-13-7-8-17-18(11-13)22-20(21-17)25-14(2)19(24)23-10-9-15-5-3-4-6-16(15)12-23/h3-8,11,14H,9-10,12H2,1-2H3,(H,21,22). The lowest BCUT2D eigenvalue weighted by Gasteiger charge is -2.30. The van der Waals surface area contributed by atoms with Gasteiger partial charge in [0.15, 0.2) is 5.16 Å². The van der Waals surface area contributed by atoms with Gasteiger partial charge in [0.05, 0.1) is 16.3 Å². The van der Waals surface area contributed by atoms with Crippen molar-refractivity contribution >= 4 is 28.7 Å². The van der Waals surface area contributed by atoms with Gasteiger partial charge in [-0.25, -0.2) is 4.98 Å². The molecule has 4 nitrogen and oxygen atoms in total. The highest BCUT2D eigenvalue weighted by molar-refractivity contribution is 8.00. The molecule has 0 spiro atoms. The first-order valence-corrected chi connectivity index (χ1v) is 9.47. The summed E-state index contributed by atoms with van der Waals surface area (Å²) in [7, 11) is 0. The number of aromatic amines is 1. The van der Waals surface area contributed by atoms with E-state index in [4.69, 9.17) is 0 Å². The van der Waals surface area contributed by atoms with Crippen LogP contribution in [0.15, 0.2) is 47.6 Å². The van der Waals surface area contributed by atoms with Gasteiger partial charge in [0.2, 0.25) is 5.91 Å². The van der Waals surface area contributed by atoms with E-state index in [2.05, 4.69) is 47.2 Å². The maximum atomic E-state index is 12.8. The Morgan fingerprint density at radius 3 is 2.88 bits per heavy atom. The Kier molecular flexibility index (Phi) is 4.25. The SMILES string of the molecule is Cc1ccc2nc(SC(C)C(=O)N3CCc4ccccc4C3)[nH]c2c1. The van der Waals surface area contributed by atoms with E-state index in [-0.39, 0.29) is 11.2 Å². The number of hydrogen-bond donors (Lipinski definition) is 1. The Hall–Kier alpha value is -2.27. The normalized spacial score (nSPS) is 15.2. The van der Waals surface area contributed by atoms with Crippen molar-refractivity contribution < 1.29 is 4.79 Å². The van der Waals surface area contributed by atoms with Gasteiger partial charge in [-0.2, -0.15) is 0 Å². The predicted molar refractivity (Wildman–Crippen MR) is 102 cm³/mol. The molecule has 0 bridgehead atoms. The zero-order valence-corrected chi connectivity index (χ0v) is 15.3. The molecule has 0 aliphatic carbocycles. The van der Waals surface area contributed by atoms with Crippen LogP contribution in [0, 0.1) is 6.92 Å². The number of carbonyl (C=O) groups is 1. The third-order valence-corrected chi connectivity index (χ3v) is 5.67. The molecule has 25 heavy (non-hydrogen) atoms. The fourth-order valence-corrected chi connectivity index (χ4v) is 4.22. The largest absolute Gasteiger partial charge is 0.337 e. The van der Waals surface area contributed by atoms with Crippen LogP contribution in [-0.4, -0.2) is 32.6 Å². The highest BCUT2D eigenvalue weighted by Crippen LogP contribution is 2.27. The highest BCUT2D eigenvalue weighted by Gasteiger charge is 2.25. The molecule has 5 heteroatoms. The number of aryl methyl sites for hydroxylation is 1. The van der Waals surface area contributed by atoms with Crippen LogP contribution in [0.4, 0.5) is 0 Å². The van der Waals surface area contributed by atoms with Gasteiger partial charge in [0, 0.05) is 13.1 Å². The van der Waals surface area contributed by atoms with Gasteiger partial charge in [-0.05, 0) is 49.1 Å². The van der Waals surface area contributed by atoms with Crippen LogP contribution in [-0.2, 0) is 17.8 Å². The number of thioether (sulfide) groups is 1. The van der Waals surface area contributed by atoms with Crippen LogP contribution in [0.25, 0.3) is 11.0 Å². The fourth-order valence-electron chi connectivity index (χ4n) is 3.31. The van der Waals surface area contributed by atoms with Crippen molar-refractivity contribution in [2.45, 2.75) is 37.2 Å². The summed E-state index contributed by atoms with van der Waals surface area (Å²) in [5, 5.41) is 0.644. The molecule has 1 amide bonds. The van der Waals surface area contributed by atoms with Gasteiger partial charge in [0.1, 0.15) is 0 Å². The summed E-state index contributed by atoms with van der Waals surface area (Å²) in [5.41, 5.74) is 5.79. The van der Waals surface area contributed by atoms with Crippen molar-refractivity contribution in [2.24, 2.45) is 0 Å². The minimum absolute atomic E-state index is 0.160. The number of amides is 1. The quantitative estimate of drug-likeness (QED) is 0.727. The average Bonchev–Trinajstić information content (AvgIpc) is 3.01. The molecular formula is C20H21N3OS. The van der Waals surface area contributed by atoms with Crippen LogP contribution in [0.5, 0.6) is 0 Å². The van der Waals surface area contributed by atoms with Crippen LogP contribution >= 0.6 is 11.8 Å². The second-order valence-corrected chi connectivity index (χ2v) is 7.93. The molecular weight excluding hydrogens is 330 g/mol. The zero-order chi connectivity index (χ0) is 17.4. The van der Waals surface area contributed by atoms with Crippen LogP contribution < -0.4 is 0 Å². The number of nitrogens with zero attached hydrogens (tertiary/aromatic N) is 2. The molecule has 1 aromatic heterocycles. The first-order chi connectivity index (χ1) is 12.1. The third kappa shape index (κ3) is 3.29. The molecule has 128 valence electrons. The number of hydrogen-bond acceptors (Lipinski definition) is 3. The lowest BCUT2D eigenvalue weighted by atomic mass is 10.00. The number of H-pyrrole nitrogens is 1. The van der Waals surface area contributed by atoms with E-state index in [1.54, 1.807) is 0 Å². The third-order valence-electron chi connectivity index (χ3n) is 4.69. The average molecular weight is 351 g/mol. The second kappa shape index (κ2) is 6.56. The molecule has 0 radical (unpaired) electrons. The minimum atomic E-state index is -0.160. The molecule has 1 atom stereocenters. The van der Waals surface area contributed by atoms with E-state index in [0.717, 1.165) is 29.2 Å². The number of benzene rings is 2. The zero-order valence-electron chi connectivity index (χ0n) is 14.5. The monoisotopic (exact) mass is 351 g/mol. The van der Waals surface area contributed by atoms with E-state index < -0.39 is 0 Å². The summed E-state index contributed by atoms with van der Waals surface area (Å²) in [4.78, 5) is 22.7. The number of rotatable bonds is 3. The van der Waals surface area contributed by atoms with E-state index in [0.29, 0.717) is 6.54 Å². The van der Waals surface area contributed by atoms with Gasteiger partial charge >= 0.3 is 0 Å². The van der Waals surface area contributed by atoms with Crippen LogP contribution in [0.2, 0.25) is 0 Å². The van der Waals surface area contributed by atoms with Crippen molar-refractivity contribution in [3.63, 3.8) is 0 Å². The summed E-state index contributed by atoms with van der Waals surface area (Å²) in [6, 6.07) is 14.5. The van der Waals surface area contributed by atoms with E-state index in [1.807, 2.05) is 24.0 Å². The second-order valence-electron chi connectivity index (χ2n) is 6.60. The van der Waals surface area contributed by atoms with Gasteiger partial charge in [0.25, 0.3) is 0 Å². The Labute approximate surface area is 151 Å². The lowest BCUT2D eigenvalue weighted by molar-refractivity contribution is -0.131. The predicted octanol–water partition coefficient (Wildman–Crippen LogP) is 3.94. The number of carbonyl (C=O) groups excluding carboxylic acids is 1. The van der Waals surface area contributed by atoms with Crippen molar-refractivity contribution in [3.8, 4) is 0 Å². The molecule has 0 fully saturated rings. The lowest BCUT2D eigenvalue weighted by Crippen LogP contribution is -2.40. The molecule has 1 aliphatic rings. The first-order valence-electron chi connectivity index (χ1n) is 8.59. The molecule has 1 aliphatic heterocycles. The molecule has 0 saturated carbocycles. The molecule has 0 saturated heterocycles. The van der Waals surface area contributed by atoms with Gasteiger partial charge in [-0.1, -0.05) is 42.1 Å². The molecule has 1 N–H and O–H groups in total. The minimum Gasteiger partial charge on any atom is -0.337 e. The number of aromatic nitrogens is 2. The Bertz CT molecular complexity index is 934. The maximum absolute atomic E-state index is 12.8. The van der Waals surface area contributed by atoms with E-state index in [9.17, 15) is 4.79 Å².